The van der Waals surface area contributed by atoms with Crippen molar-refractivity contribution in [3.63, 3.8) is 0 Å². The molecule has 3 aromatic rings. The lowest BCUT2D eigenvalue weighted by Crippen LogP contribution is -2.06. The molecule has 0 aliphatic heterocycles. The summed E-state index contributed by atoms with van der Waals surface area (Å²) in [5.41, 5.74) is 5.09. The summed E-state index contributed by atoms with van der Waals surface area (Å²) >= 11 is 9.67. The summed E-state index contributed by atoms with van der Waals surface area (Å²) in [6.45, 7) is 6.93. The highest BCUT2D eigenvalue weighted by Crippen LogP contribution is 2.27. The molecule has 21 heavy (non-hydrogen) atoms. The Labute approximate surface area is 136 Å². The van der Waals surface area contributed by atoms with Crippen LogP contribution in [-0.4, -0.2) is 19.3 Å². The molecular weight excluding hydrogens is 352 g/mol. The highest BCUT2D eigenvalue weighted by molar-refractivity contribution is 9.10. The number of rotatable bonds is 3. The Morgan fingerprint density at radius 2 is 2.00 bits per heavy atom. The van der Waals surface area contributed by atoms with Crippen molar-refractivity contribution in [1.82, 2.24) is 19.3 Å². The van der Waals surface area contributed by atoms with Gasteiger partial charge in [0.1, 0.15) is 11.3 Å². The highest BCUT2D eigenvalue weighted by atomic mass is 79.9. The second-order valence-corrected chi connectivity index (χ2v) is 6.24. The molecule has 0 fully saturated rings. The summed E-state index contributed by atoms with van der Waals surface area (Å²) in [6.07, 6.45) is 0. The van der Waals surface area contributed by atoms with E-state index in [2.05, 4.69) is 62.6 Å². The van der Waals surface area contributed by atoms with Crippen molar-refractivity contribution >= 4 is 38.7 Å². The van der Waals surface area contributed by atoms with Gasteiger partial charge < -0.3 is 0 Å². The molecule has 3 rings (SSSR count). The summed E-state index contributed by atoms with van der Waals surface area (Å²) in [6, 6.07) is 6.29. The molecule has 2 aromatic heterocycles. The van der Waals surface area contributed by atoms with Crippen LogP contribution in [0.3, 0.4) is 0 Å². The van der Waals surface area contributed by atoms with Gasteiger partial charge in [-0.2, -0.15) is 5.10 Å². The van der Waals surface area contributed by atoms with E-state index in [0.717, 1.165) is 39.4 Å². The van der Waals surface area contributed by atoms with E-state index in [1.54, 1.807) is 0 Å². The Balaban J connectivity index is 2.38. The van der Waals surface area contributed by atoms with E-state index in [0.29, 0.717) is 5.88 Å². The quantitative estimate of drug-likeness (QED) is 0.645. The lowest BCUT2D eigenvalue weighted by molar-refractivity contribution is 0.660. The van der Waals surface area contributed by atoms with Gasteiger partial charge in [0.05, 0.1) is 17.3 Å². The van der Waals surface area contributed by atoms with Crippen LogP contribution < -0.4 is 0 Å². The number of aryl methyl sites for hydroxylation is 3. The van der Waals surface area contributed by atoms with Crippen LogP contribution >= 0.6 is 27.5 Å². The van der Waals surface area contributed by atoms with E-state index in [1.807, 2.05) is 11.6 Å². The molecule has 0 saturated carbocycles. The lowest BCUT2D eigenvalue weighted by Gasteiger charge is -2.10. The minimum atomic E-state index is 0.364. The Kier molecular flexibility index (Phi) is 3.80. The van der Waals surface area contributed by atoms with E-state index < -0.39 is 0 Å². The van der Waals surface area contributed by atoms with Crippen LogP contribution in [0.4, 0.5) is 0 Å². The number of fused-ring (bicyclic) bond motifs is 1. The van der Waals surface area contributed by atoms with Gasteiger partial charge in [-0.25, -0.2) is 9.67 Å². The average molecular weight is 368 g/mol. The molecule has 0 saturated heterocycles. The summed E-state index contributed by atoms with van der Waals surface area (Å²) in [5, 5.41) is 4.55. The molecule has 0 amide bonds. The first kappa shape index (κ1) is 14.6. The smallest absolute Gasteiger partial charge is 0.163 e. The van der Waals surface area contributed by atoms with Crippen molar-refractivity contribution in [2.24, 2.45) is 0 Å². The highest BCUT2D eigenvalue weighted by Gasteiger charge is 2.19. The molecule has 110 valence electrons. The monoisotopic (exact) mass is 366 g/mol. The van der Waals surface area contributed by atoms with Crippen molar-refractivity contribution in [3.05, 3.63) is 39.8 Å². The van der Waals surface area contributed by atoms with Crippen molar-refractivity contribution < 1.29 is 0 Å². The summed E-state index contributed by atoms with van der Waals surface area (Å²) in [5.74, 6) is 1.20. The van der Waals surface area contributed by atoms with Gasteiger partial charge in [0.25, 0.3) is 0 Å². The van der Waals surface area contributed by atoms with E-state index in [1.165, 1.54) is 5.56 Å². The van der Waals surface area contributed by atoms with Gasteiger partial charge in [0.15, 0.2) is 5.65 Å². The van der Waals surface area contributed by atoms with Crippen molar-refractivity contribution in [2.45, 2.75) is 33.2 Å². The molecule has 0 bridgehead atoms. The molecule has 0 atom stereocenters. The predicted octanol–water partition coefficient (Wildman–Crippen LogP) is 4.36. The number of imidazole rings is 1. The number of aromatic nitrogens is 4. The molecule has 0 aliphatic rings. The number of halogens is 2. The zero-order chi connectivity index (χ0) is 15.1. The molecule has 1 aromatic carbocycles. The fourth-order valence-electron chi connectivity index (χ4n) is 2.64. The maximum atomic E-state index is 6.11. The van der Waals surface area contributed by atoms with Gasteiger partial charge in [0, 0.05) is 11.0 Å². The van der Waals surface area contributed by atoms with Crippen LogP contribution in [-0.2, 0) is 12.4 Å². The summed E-state index contributed by atoms with van der Waals surface area (Å²) < 4.78 is 5.12. The summed E-state index contributed by atoms with van der Waals surface area (Å²) in [4.78, 5) is 4.67. The fourth-order valence-corrected chi connectivity index (χ4v) is 3.42. The van der Waals surface area contributed by atoms with E-state index >= 15 is 0 Å². The number of hydrogen-bond donors (Lipinski definition) is 0. The minimum absolute atomic E-state index is 0.364. The first-order valence-corrected chi connectivity index (χ1v) is 8.16. The van der Waals surface area contributed by atoms with Gasteiger partial charge >= 0.3 is 0 Å². The third-order valence-corrected chi connectivity index (χ3v) is 4.18. The third kappa shape index (κ3) is 2.38. The fraction of sp³-hybridized carbons (Fsp3) is 0.333. The van der Waals surface area contributed by atoms with Crippen LogP contribution in [0.15, 0.2) is 22.7 Å². The average Bonchev–Trinajstić information content (AvgIpc) is 2.95. The number of alkyl halides is 1. The van der Waals surface area contributed by atoms with Crippen molar-refractivity contribution in [3.8, 4) is 5.69 Å². The van der Waals surface area contributed by atoms with E-state index in [9.17, 15) is 0 Å². The number of benzene rings is 1. The molecule has 0 radical (unpaired) electrons. The Bertz CT molecular complexity index is 799. The minimum Gasteiger partial charge on any atom is -0.280 e. The third-order valence-electron chi connectivity index (χ3n) is 3.48. The Hall–Kier alpha value is -1.33. The first-order chi connectivity index (χ1) is 10.0. The second-order valence-electron chi connectivity index (χ2n) is 5.06. The van der Waals surface area contributed by atoms with Crippen LogP contribution in [0.2, 0.25) is 0 Å². The SMILES string of the molecule is CCn1nc(C)c2nc(CCl)n(-c3cc(C)cc(Br)c3)c21. The molecule has 4 nitrogen and oxygen atoms in total. The molecule has 0 spiro atoms. The van der Waals surface area contributed by atoms with Gasteiger partial charge in [-0.05, 0) is 44.5 Å². The van der Waals surface area contributed by atoms with Crippen LogP contribution in [0, 0.1) is 13.8 Å². The maximum Gasteiger partial charge on any atom is 0.163 e. The van der Waals surface area contributed by atoms with E-state index in [4.69, 9.17) is 11.6 Å². The Morgan fingerprint density at radius 3 is 2.62 bits per heavy atom. The molecular formula is C15H16BrClN4. The van der Waals surface area contributed by atoms with Crippen LogP contribution in [0.5, 0.6) is 0 Å². The summed E-state index contributed by atoms with van der Waals surface area (Å²) in [7, 11) is 0. The zero-order valence-electron chi connectivity index (χ0n) is 12.2. The largest absolute Gasteiger partial charge is 0.280 e. The topological polar surface area (TPSA) is 35.6 Å². The standard InChI is InChI=1S/C15H16BrClN4/c1-4-20-15-14(10(3)19-20)18-13(8-17)21(15)12-6-9(2)5-11(16)7-12/h5-7H,4,8H2,1-3H3. The van der Waals surface area contributed by atoms with Gasteiger partial charge in [-0.1, -0.05) is 15.9 Å². The van der Waals surface area contributed by atoms with Crippen molar-refractivity contribution in [1.29, 1.82) is 0 Å². The molecule has 0 unspecified atom stereocenters. The molecule has 0 N–H and O–H groups in total. The number of nitrogens with zero attached hydrogens (tertiary/aromatic N) is 4. The van der Waals surface area contributed by atoms with E-state index in [-0.39, 0.29) is 0 Å². The molecule has 6 heteroatoms. The predicted molar refractivity (Wildman–Crippen MR) is 89.3 cm³/mol. The zero-order valence-corrected chi connectivity index (χ0v) is 14.5. The lowest BCUT2D eigenvalue weighted by atomic mass is 10.2. The van der Waals surface area contributed by atoms with Crippen molar-refractivity contribution in [2.75, 3.05) is 0 Å². The van der Waals surface area contributed by atoms with Crippen LogP contribution in [0.25, 0.3) is 16.9 Å². The van der Waals surface area contributed by atoms with Gasteiger partial charge in [-0.15, -0.1) is 11.6 Å². The van der Waals surface area contributed by atoms with Gasteiger partial charge in [-0.3, -0.25) is 4.57 Å². The van der Waals surface area contributed by atoms with Crippen LogP contribution in [0.1, 0.15) is 24.0 Å². The van der Waals surface area contributed by atoms with Gasteiger partial charge in [0.2, 0.25) is 0 Å². The molecule has 0 aliphatic carbocycles. The first-order valence-electron chi connectivity index (χ1n) is 6.83. The molecule has 2 heterocycles. The normalized spacial score (nSPS) is 11.5. The number of hydrogen-bond acceptors (Lipinski definition) is 2. The maximum absolute atomic E-state index is 6.11. The second kappa shape index (κ2) is 5.46. The Morgan fingerprint density at radius 1 is 1.24 bits per heavy atom.